The normalized spacial score (nSPS) is 9.78. The second kappa shape index (κ2) is 6.74. The molecule has 0 spiro atoms. The third-order valence-corrected chi connectivity index (χ3v) is 2.48. The summed E-state index contributed by atoms with van der Waals surface area (Å²) in [6, 6.07) is 3.31. The Labute approximate surface area is 107 Å². The zero-order valence-electron chi connectivity index (χ0n) is 11.2. The number of hydrogen-bond acceptors (Lipinski definition) is 4. The Kier molecular flexibility index (Phi) is 5.30. The molecule has 0 aromatic heterocycles. The lowest BCUT2D eigenvalue weighted by Crippen LogP contribution is -2.25. The van der Waals surface area contributed by atoms with Gasteiger partial charge in [-0.05, 0) is 6.42 Å². The van der Waals surface area contributed by atoms with Gasteiger partial charge in [-0.3, -0.25) is 4.79 Å². The van der Waals surface area contributed by atoms with Crippen molar-refractivity contribution in [3.63, 3.8) is 0 Å². The van der Waals surface area contributed by atoms with Gasteiger partial charge in [0.2, 0.25) is 0 Å². The number of amides is 1. The van der Waals surface area contributed by atoms with Gasteiger partial charge in [-0.25, -0.2) is 0 Å². The minimum Gasteiger partial charge on any atom is -0.496 e. The maximum atomic E-state index is 12.1. The summed E-state index contributed by atoms with van der Waals surface area (Å²) in [6.45, 7) is 2.60. The molecule has 5 nitrogen and oxygen atoms in total. The molecule has 0 aliphatic rings. The number of nitrogens with one attached hydrogen (secondary N) is 1. The fraction of sp³-hybridized carbons (Fsp3) is 0.462. The van der Waals surface area contributed by atoms with Crippen molar-refractivity contribution in [1.29, 1.82) is 0 Å². The van der Waals surface area contributed by atoms with Crippen molar-refractivity contribution in [2.45, 2.75) is 13.3 Å². The molecule has 1 aromatic carbocycles. The molecule has 0 aliphatic carbocycles. The summed E-state index contributed by atoms with van der Waals surface area (Å²) in [5.74, 6) is 1.23. The fourth-order valence-corrected chi connectivity index (χ4v) is 1.56. The molecule has 0 saturated heterocycles. The zero-order chi connectivity index (χ0) is 13.5. The molecule has 0 fully saturated rings. The van der Waals surface area contributed by atoms with E-state index in [2.05, 4.69) is 5.32 Å². The van der Waals surface area contributed by atoms with E-state index < -0.39 is 0 Å². The molecule has 0 bridgehead atoms. The molecule has 18 heavy (non-hydrogen) atoms. The Morgan fingerprint density at radius 3 is 2.06 bits per heavy atom. The smallest absolute Gasteiger partial charge is 0.258 e. The van der Waals surface area contributed by atoms with Crippen molar-refractivity contribution in [2.24, 2.45) is 0 Å². The molecule has 0 saturated carbocycles. The quantitative estimate of drug-likeness (QED) is 0.840. The number of rotatable bonds is 6. The van der Waals surface area contributed by atoms with E-state index in [0.29, 0.717) is 29.4 Å². The first-order chi connectivity index (χ1) is 8.67. The van der Waals surface area contributed by atoms with E-state index in [1.807, 2.05) is 6.92 Å². The van der Waals surface area contributed by atoms with Crippen molar-refractivity contribution < 1.29 is 19.0 Å². The summed E-state index contributed by atoms with van der Waals surface area (Å²) in [7, 11) is 4.56. The molecule has 1 rings (SSSR count). The predicted octanol–water partition coefficient (Wildman–Crippen LogP) is 1.85. The Hall–Kier alpha value is -1.91. The van der Waals surface area contributed by atoms with Crippen molar-refractivity contribution in [3.8, 4) is 17.2 Å². The molecule has 1 amide bonds. The lowest BCUT2D eigenvalue weighted by molar-refractivity contribution is 0.0947. The monoisotopic (exact) mass is 253 g/mol. The van der Waals surface area contributed by atoms with Gasteiger partial charge in [-0.1, -0.05) is 6.92 Å². The van der Waals surface area contributed by atoms with Crippen LogP contribution in [0.5, 0.6) is 17.2 Å². The highest BCUT2D eigenvalue weighted by Gasteiger charge is 2.19. The van der Waals surface area contributed by atoms with Crippen molar-refractivity contribution in [2.75, 3.05) is 27.9 Å². The van der Waals surface area contributed by atoms with Crippen LogP contribution < -0.4 is 19.5 Å². The van der Waals surface area contributed by atoms with Crippen LogP contribution in [0.3, 0.4) is 0 Å². The zero-order valence-corrected chi connectivity index (χ0v) is 11.2. The molecule has 0 unspecified atom stereocenters. The van der Waals surface area contributed by atoms with Gasteiger partial charge in [0.25, 0.3) is 5.91 Å². The average molecular weight is 253 g/mol. The lowest BCUT2D eigenvalue weighted by atomic mass is 10.1. The highest BCUT2D eigenvalue weighted by molar-refractivity contribution is 6.00. The average Bonchev–Trinajstić information content (AvgIpc) is 2.42. The molecule has 0 radical (unpaired) electrons. The maximum absolute atomic E-state index is 12.1. The van der Waals surface area contributed by atoms with Gasteiger partial charge in [0, 0.05) is 18.7 Å². The Balaban J connectivity index is 3.18. The van der Waals surface area contributed by atoms with Crippen LogP contribution >= 0.6 is 0 Å². The molecular weight excluding hydrogens is 234 g/mol. The summed E-state index contributed by atoms with van der Waals surface area (Å²) in [5, 5.41) is 2.80. The van der Waals surface area contributed by atoms with Gasteiger partial charge in [0.05, 0.1) is 21.3 Å². The third kappa shape index (κ3) is 3.06. The summed E-state index contributed by atoms with van der Waals surface area (Å²) >= 11 is 0. The largest absolute Gasteiger partial charge is 0.496 e. The first-order valence-corrected chi connectivity index (χ1v) is 5.76. The van der Waals surface area contributed by atoms with Crippen LogP contribution in [0, 0.1) is 0 Å². The van der Waals surface area contributed by atoms with Crippen LogP contribution in [0.15, 0.2) is 12.1 Å². The minimum absolute atomic E-state index is 0.215. The van der Waals surface area contributed by atoms with Crippen LogP contribution in [0.4, 0.5) is 0 Å². The highest BCUT2D eigenvalue weighted by Crippen LogP contribution is 2.33. The van der Waals surface area contributed by atoms with Crippen LogP contribution in [0.25, 0.3) is 0 Å². The van der Waals surface area contributed by atoms with Crippen molar-refractivity contribution in [1.82, 2.24) is 5.32 Å². The van der Waals surface area contributed by atoms with Gasteiger partial charge in [-0.15, -0.1) is 0 Å². The van der Waals surface area contributed by atoms with Crippen LogP contribution in [0.1, 0.15) is 23.7 Å². The number of ether oxygens (including phenoxy) is 3. The molecule has 1 aromatic rings. The van der Waals surface area contributed by atoms with Gasteiger partial charge in [0.15, 0.2) is 0 Å². The number of carbonyl (C=O) groups excluding carboxylic acids is 1. The minimum atomic E-state index is -0.215. The molecular formula is C13H19NO4. The summed E-state index contributed by atoms with van der Waals surface area (Å²) in [6.07, 6.45) is 0.868. The van der Waals surface area contributed by atoms with Crippen LogP contribution in [0.2, 0.25) is 0 Å². The van der Waals surface area contributed by atoms with Crippen LogP contribution in [-0.4, -0.2) is 33.8 Å². The van der Waals surface area contributed by atoms with E-state index in [4.69, 9.17) is 14.2 Å². The summed E-state index contributed by atoms with van der Waals surface area (Å²) < 4.78 is 15.5. The third-order valence-electron chi connectivity index (χ3n) is 2.48. The van der Waals surface area contributed by atoms with Gasteiger partial charge >= 0.3 is 0 Å². The molecule has 100 valence electrons. The lowest BCUT2D eigenvalue weighted by Gasteiger charge is -2.14. The second-order valence-corrected chi connectivity index (χ2v) is 3.66. The summed E-state index contributed by atoms with van der Waals surface area (Å²) in [5.41, 5.74) is 0.384. The molecule has 0 aliphatic heterocycles. The van der Waals surface area contributed by atoms with Crippen molar-refractivity contribution in [3.05, 3.63) is 17.7 Å². The summed E-state index contributed by atoms with van der Waals surface area (Å²) in [4.78, 5) is 12.1. The standard InChI is InChI=1S/C13H19NO4/c1-5-6-14-13(15)12-10(17-3)7-9(16-2)8-11(12)18-4/h7-8H,5-6H2,1-4H3,(H,14,15). The fourth-order valence-electron chi connectivity index (χ4n) is 1.56. The SMILES string of the molecule is CCCNC(=O)c1c(OC)cc(OC)cc1OC. The number of methoxy groups -OCH3 is 3. The maximum Gasteiger partial charge on any atom is 0.258 e. The first-order valence-electron chi connectivity index (χ1n) is 5.76. The van der Waals surface area contributed by atoms with Gasteiger partial charge < -0.3 is 19.5 Å². The number of benzene rings is 1. The predicted molar refractivity (Wildman–Crippen MR) is 68.7 cm³/mol. The Morgan fingerprint density at radius 1 is 1.11 bits per heavy atom. The van der Waals surface area contributed by atoms with Gasteiger partial charge in [0.1, 0.15) is 22.8 Å². The Bertz CT molecular complexity index is 392. The van der Waals surface area contributed by atoms with E-state index in [-0.39, 0.29) is 5.91 Å². The van der Waals surface area contributed by atoms with E-state index >= 15 is 0 Å². The van der Waals surface area contributed by atoms with E-state index in [9.17, 15) is 4.79 Å². The van der Waals surface area contributed by atoms with E-state index in [1.165, 1.54) is 14.2 Å². The molecule has 1 N–H and O–H groups in total. The van der Waals surface area contributed by atoms with Crippen LogP contribution in [-0.2, 0) is 0 Å². The number of hydrogen-bond donors (Lipinski definition) is 1. The van der Waals surface area contributed by atoms with E-state index in [1.54, 1.807) is 19.2 Å². The first kappa shape index (κ1) is 14.2. The molecule has 0 heterocycles. The molecule has 5 heteroatoms. The Morgan fingerprint density at radius 2 is 1.67 bits per heavy atom. The topological polar surface area (TPSA) is 56.8 Å². The highest BCUT2D eigenvalue weighted by atomic mass is 16.5. The number of carbonyl (C=O) groups is 1. The van der Waals surface area contributed by atoms with Gasteiger partial charge in [-0.2, -0.15) is 0 Å². The van der Waals surface area contributed by atoms with E-state index in [0.717, 1.165) is 6.42 Å². The second-order valence-electron chi connectivity index (χ2n) is 3.66. The molecule has 0 atom stereocenters. The van der Waals surface area contributed by atoms with Crippen molar-refractivity contribution >= 4 is 5.91 Å².